The lowest BCUT2D eigenvalue weighted by Crippen LogP contribution is -2.35. The molecule has 33 heavy (non-hydrogen) atoms. The van der Waals surface area contributed by atoms with E-state index in [2.05, 4.69) is 15.4 Å². The molecule has 0 fully saturated rings. The van der Waals surface area contributed by atoms with Crippen LogP contribution in [0.15, 0.2) is 65.1 Å². The minimum Gasteiger partial charge on any atom is -0.348 e. The lowest BCUT2D eigenvalue weighted by molar-refractivity contribution is -0.127. The van der Waals surface area contributed by atoms with E-state index in [0.29, 0.717) is 5.69 Å². The number of ether oxygens (including phenoxy) is 1. The summed E-state index contributed by atoms with van der Waals surface area (Å²) in [6.07, 6.45) is -6.24. The highest BCUT2D eigenvalue weighted by Gasteiger charge is 2.44. The molecule has 0 radical (unpaired) electrons. The molecule has 2 heterocycles. The van der Waals surface area contributed by atoms with Crippen molar-refractivity contribution in [2.24, 2.45) is 5.10 Å². The Bertz CT molecular complexity index is 1150. The third kappa shape index (κ3) is 5.70. The molecule has 0 saturated heterocycles. The number of alkyl halides is 3. The normalized spacial score (nSPS) is 16.1. The number of hydrazone groups is 1. The molecule has 11 heteroatoms. The number of thiazole rings is 1. The van der Waals surface area contributed by atoms with Crippen LogP contribution in [0.1, 0.15) is 12.1 Å². The molecular formula is C22H18ClF3N4O2S. The summed E-state index contributed by atoms with van der Waals surface area (Å²) in [6.45, 7) is -0.267. The number of rotatable bonds is 7. The molecule has 1 aromatic heterocycles. The van der Waals surface area contributed by atoms with E-state index < -0.39 is 37.1 Å². The average molecular weight is 495 g/mol. The summed E-state index contributed by atoms with van der Waals surface area (Å²) in [7, 11) is 0. The van der Waals surface area contributed by atoms with Gasteiger partial charge in [0.25, 0.3) is 0 Å². The van der Waals surface area contributed by atoms with Gasteiger partial charge in [-0.15, -0.1) is 11.3 Å². The van der Waals surface area contributed by atoms with Gasteiger partial charge in [-0.3, -0.25) is 4.79 Å². The van der Waals surface area contributed by atoms with Crippen LogP contribution in [-0.2, 0) is 16.1 Å². The maximum atomic E-state index is 13.2. The summed E-state index contributed by atoms with van der Waals surface area (Å²) >= 11 is 7.58. The van der Waals surface area contributed by atoms with Crippen LogP contribution in [0.4, 0.5) is 18.9 Å². The Balaban J connectivity index is 1.35. The van der Waals surface area contributed by atoms with Gasteiger partial charge in [-0.25, -0.2) is 9.99 Å². The number of carbonyl (C=O) groups excluding carboxylic acids is 1. The number of nitrogens with one attached hydrogen (secondary N) is 1. The maximum absolute atomic E-state index is 13.2. The second-order valence-corrected chi connectivity index (χ2v) is 8.36. The van der Waals surface area contributed by atoms with Crippen molar-refractivity contribution in [1.29, 1.82) is 0 Å². The minimum atomic E-state index is -4.61. The Morgan fingerprint density at radius 2 is 1.91 bits per heavy atom. The Morgan fingerprint density at radius 1 is 1.18 bits per heavy atom. The van der Waals surface area contributed by atoms with Crippen LogP contribution < -0.4 is 10.3 Å². The molecule has 1 aliphatic heterocycles. The topological polar surface area (TPSA) is 66.8 Å². The molecule has 1 atom stereocenters. The van der Waals surface area contributed by atoms with Crippen molar-refractivity contribution < 1.29 is 22.7 Å². The first kappa shape index (κ1) is 23.2. The van der Waals surface area contributed by atoms with Crippen LogP contribution in [0.2, 0.25) is 5.02 Å². The number of carbonyl (C=O) groups is 1. The zero-order valence-electron chi connectivity index (χ0n) is 17.1. The molecule has 1 N–H and O–H groups in total. The highest BCUT2D eigenvalue weighted by atomic mass is 35.5. The van der Waals surface area contributed by atoms with Crippen LogP contribution in [0.25, 0.3) is 10.6 Å². The maximum Gasteiger partial charge on any atom is 0.431 e. The van der Waals surface area contributed by atoms with Crippen LogP contribution in [0.3, 0.4) is 0 Å². The second-order valence-electron chi connectivity index (χ2n) is 7.10. The van der Waals surface area contributed by atoms with Gasteiger partial charge in [0.1, 0.15) is 17.3 Å². The third-order valence-electron chi connectivity index (χ3n) is 4.74. The fourth-order valence-corrected chi connectivity index (χ4v) is 4.20. The first-order valence-electron chi connectivity index (χ1n) is 9.88. The Labute approximate surface area is 196 Å². The fraction of sp³-hybridized carbons (Fsp3) is 0.227. The first-order chi connectivity index (χ1) is 15.8. The van der Waals surface area contributed by atoms with Gasteiger partial charge in [0, 0.05) is 17.4 Å². The summed E-state index contributed by atoms with van der Waals surface area (Å²) in [6, 6.07) is 16.0. The number of benzene rings is 2. The Morgan fingerprint density at radius 3 is 2.64 bits per heavy atom. The van der Waals surface area contributed by atoms with E-state index in [1.165, 1.54) is 17.4 Å². The smallest absolute Gasteiger partial charge is 0.348 e. The highest BCUT2D eigenvalue weighted by molar-refractivity contribution is 7.13. The van der Waals surface area contributed by atoms with Crippen LogP contribution in [0, 0.1) is 0 Å². The van der Waals surface area contributed by atoms with Gasteiger partial charge in [-0.2, -0.15) is 18.3 Å². The summed E-state index contributed by atoms with van der Waals surface area (Å²) in [4.78, 5) is 16.8. The van der Waals surface area contributed by atoms with E-state index in [-0.39, 0.29) is 17.3 Å². The van der Waals surface area contributed by atoms with Gasteiger partial charge >= 0.3 is 6.18 Å². The molecule has 0 spiro atoms. The minimum absolute atomic E-state index is 0.175. The third-order valence-corrected chi connectivity index (χ3v) is 6.00. The predicted octanol–water partition coefficient (Wildman–Crippen LogP) is 5.25. The fourth-order valence-electron chi connectivity index (χ4n) is 3.15. The first-order valence-corrected chi connectivity index (χ1v) is 11.1. The molecule has 1 amide bonds. The van der Waals surface area contributed by atoms with Crippen molar-refractivity contribution in [3.63, 3.8) is 0 Å². The molecule has 3 aromatic rings. The Hall–Kier alpha value is -2.95. The zero-order chi connectivity index (χ0) is 23.4. The number of anilines is 1. The van der Waals surface area contributed by atoms with Crippen molar-refractivity contribution >= 4 is 40.2 Å². The van der Waals surface area contributed by atoms with E-state index in [4.69, 9.17) is 16.3 Å². The van der Waals surface area contributed by atoms with E-state index in [1.54, 1.807) is 18.2 Å². The van der Waals surface area contributed by atoms with Crippen molar-refractivity contribution in [2.75, 3.05) is 11.6 Å². The summed E-state index contributed by atoms with van der Waals surface area (Å²) in [5.41, 5.74) is 0.918. The quantitative estimate of drug-likeness (QED) is 0.487. The van der Waals surface area contributed by atoms with E-state index in [1.807, 2.05) is 35.7 Å². The molecule has 172 valence electrons. The predicted molar refractivity (Wildman–Crippen MR) is 121 cm³/mol. The molecule has 0 bridgehead atoms. The van der Waals surface area contributed by atoms with Crippen LogP contribution in [0.5, 0.6) is 0 Å². The molecular weight excluding hydrogens is 477 g/mol. The van der Waals surface area contributed by atoms with Gasteiger partial charge in [-0.1, -0.05) is 54.1 Å². The number of hydrogen-bond donors (Lipinski definition) is 1. The largest absolute Gasteiger partial charge is 0.431 e. The lowest BCUT2D eigenvalue weighted by atomic mass is 10.2. The van der Waals surface area contributed by atoms with E-state index in [9.17, 15) is 18.0 Å². The Kier molecular flexibility index (Phi) is 6.96. The van der Waals surface area contributed by atoms with Crippen LogP contribution in [-0.4, -0.2) is 35.6 Å². The van der Waals surface area contributed by atoms with Gasteiger partial charge in [0.15, 0.2) is 6.23 Å². The van der Waals surface area contributed by atoms with Crippen LogP contribution >= 0.6 is 22.9 Å². The van der Waals surface area contributed by atoms with E-state index >= 15 is 0 Å². The molecule has 1 unspecified atom stereocenters. The molecule has 0 aliphatic carbocycles. The van der Waals surface area contributed by atoms with Gasteiger partial charge in [-0.05, 0) is 12.1 Å². The van der Waals surface area contributed by atoms with Crippen molar-refractivity contribution in [3.8, 4) is 10.6 Å². The molecule has 6 nitrogen and oxygen atoms in total. The number of aromatic nitrogens is 1. The number of nitrogens with zero attached hydrogens (tertiary/aromatic N) is 3. The van der Waals surface area contributed by atoms with Crippen molar-refractivity contribution in [2.45, 2.75) is 25.4 Å². The lowest BCUT2D eigenvalue weighted by Gasteiger charge is -2.24. The monoisotopic (exact) mass is 494 g/mol. The summed E-state index contributed by atoms with van der Waals surface area (Å²) in [5, 5.41) is 10.3. The SMILES string of the molecule is O=C(COC1CC(C(F)(F)F)=NN1c1ccccc1Cl)NCc1csc(-c2ccccc2)n1. The molecule has 2 aromatic carbocycles. The van der Waals surface area contributed by atoms with Gasteiger partial charge < -0.3 is 10.1 Å². The average Bonchev–Trinajstić information content (AvgIpc) is 3.44. The molecule has 4 rings (SSSR count). The number of halogens is 4. The zero-order valence-corrected chi connectivity index (χ0v) is 18.6. The number of para-hydroxylation sites is 1. The number of amides is 1. The van der Waals surface area contributed by atoms with Crippen molar-refractivity contribution in [1.82, 2.24) is 10.3 Å². The summed E-state index contributed by atoms with van der Waals surface area (Å²) in [5.74, 6) is -0.483. The number of hydrogen-bond acceptors (Lipinski definition) is 6. The molecule has 0 saturated carbocycles. The second kappa shape index (κ2) is 9.90. The molecule has 1 aliphatic rings. The van der Waals surface area contributed by atoms with Crippen molar-refractivity contribution in [3.05, 3.63) is 70.7 Å². The standard InChI is InChI=1S/C22H18ClF3N4O2S/c23-16-8-4-5-9-17(16)30-20(10-18(29-30)22(24,25)26)32-12-19(31)27-11-15-13-33-21(28-15)14-6-2-1-3-7-14/h1-9,13,20H,10-12H2,(H,27,31). The van der Waals surface area contributed by atoms with Gasteiger partial charge in [0.05, 0.1) is 22.9 Å². The summed E-state index contributed by atoms with van der Waals surface area (Å²) < 4.78 is 45.2. The van der Waals surface area contributed by atoms with Gasteiger partial charge in [0.2, 0.25) is 5.91 Å². The highest BCUT2D eigenvalue weighted by Crippen LogP contribution is 2.35. The van der Waals surface area contributed by atoms with E-state index in [0.717, 1.165) is 15.6 Å².